The summed E-state index contributed by atoms with van der Waals surface area (Å²) in [5, 5.41) is 3.37. The summed E-state index contributed by atoms with van der Waals surface area (Å²) < 4.78 is 11.3. The van der Waals surface area contributed by atoms with E-state index in [4.69, 9.17) is 9.47 Å². The van der Waals surface area contributed by atoms with E-state index < -0.39 is 0 Å². The number of nitrogens with one attached hydrogen (secondary N) is 1. The van der Waals surface area contributed by atoms with Gasteiger partial charge in [-0.15, -0.1) is 19.0 Å². The van der Waals surface area contributed by atoms with Crippen LogP contribution in [0.3, 0.4) is 0 Å². The highest BCUT2D eigenvalue weighted by Gasteiger charge is 2.14. The largest absolute Gasteiger partial charge is 0.493 e. The topological polar surface area (TPSA) is 30.5 Å². The van der Waals surface area contributed by atoms with Crippen molar-refractivity contribution >= 4 is 12.4 Å². The molecule has 1 aromatic carbocycles. The van der Waals surface area contributed by atoms with Crippen molar-refractivity contribution in [2.75, 3.05) is 26.8 Å². The van der Waals surface area contributed by atoms with Gasteiger partial charge in [-0.1, -0.05) is 12.1 Å². The zero-order valence-electron chi connectivity index (χ0n) is 12.1. The molecule has 1 aromatic rings. The number of hydrogen-bond acceptors (Lipinski definition) is 3. The number of benzene rings is 1. The van der Waals surface area contributed by atoms with E-state index >= 15 is 0 Å². The zero-order chi connectivity index (χ0) is 13.5. The van der Waals surface area contributed by atoms with Crippen LogP contribution in [0.25, 0.3) is 0 Å². The molecule has 1 heterocycles. The van der Waals surface area contributed by atoms with Crippen molar-refractivity contribution in [2.24, 2.45) is 5.92 Å². The molecule has 0 unspecified atom stereocenters. The number of allylic oxidation sites excluding steroid dienone is 1. The second-order valence-corrected chi connectivity index (χ2v) is 4.98. The summed E-state index contributed by atoms with van der Waals surface area (Å²) in [4.78, 5) is 0. The molecule has 1 aliphatic rings. The first-order valence-electron chi connectivity index (χ1n) is 6.95. The Morgan fingerprint density at radius 1 is 1.30 bits per heavy atom. The van der Waals surface area contributed by atoms with Crippen molar-refractivity contribution < 1.29 is 9.47 Å². The van der Waals surface area contributed by atoms with Crippen LogP contribution in [-0.2, 0) is 6.42 Å². The maximum Gasteiger partial charge on any atom is 0.161 e. The summed E-state index contributed by atoms with van der Waals surface area (Å²) in [7, 11) is 1.68. The smallest absolute Gasteiger partial charge is 0.161 e. The van der Waals surface area contributed by atoms with Gasteiger partial charge in [0.25, 0.3) is 0 Å². The molecule has 1 fully saturated rings. The molecule has 0 saturated carbocycles. The van der Waals surface area contributed by atoms with Crippen LogP contribution in [0.1, 0.15) is 18.4 Å². The summed E-state index contributed by atoms with van der Waals surface area (Å²) in [6.45, 7) is 6.73. The van der Waals surface area contributed by atoms with Gasteiger partial charge in [0.15, 0.2) is 11.5 Å². The lowest BCUT2D eigenvalue weighted by Gasteiger charge is -2.23. The standard InChI is InChI=1S/C16H23NO2.ClH/c1-3-4-13-5-6-15(16(11-13)18-2)19-12-14-7-9-17-10-8-14;/h3,5-6,11,14,17H,1,4,7-10,12H2,2H3;1H. The van der Waals surface area contributed by atoms with E-state index in [1.54, 1.807) is 7.11 Å². The third-order valence-corrected chi connectivity index (χ3v) is 3.54. The number of piperidine rings is 1. The number of methoxy groups -OCH3 is 1. The maximum atomic E-state index is 5.92. The van der Waals surface area contributed by atoms with Crippen LogP contribution in [0, 0.1) is 5.92 Å². The highest BCUT2D eigenvalue weighted by atomic mass is 35.5. The van der Waals surface area contributed by atoms with E-state index in [9.17, 15) is 0 Å². The predicted molar refractivity (Wildman–Crippen MR) is 85.2 cm³/mol. The molecule has 3 nitrogen and oxygen atoms in total. The molecule has 112 valence electrons. The minimum atomic E-state index is 0. The molecule has 0 spiro atoms. The van der Waals surface area contributed by atoms with Gasteiger partial charge in [-0.25, -0.2) is 0 Å². The first-order valence-corrected chi connectivity index (χ1v) is 6.95. The summed E-state index contributed by atoms with van der Waals surface area (Å²) >= 11 is 0. The van der Waals surface area contributed by atoms with E-state index in [1.165, 1.54) is 18.4 Å². The molecule has 0 amide bonds. The fraction of sp³-hybridized carbons (Fsp3) is 0.500. The molecule has 0 aliphatic carbocycles. The Bertz CT molecular complexity index is 417. The van der Waals surface area contributed by atoms with Gasteiger partial charge in [-0.3, -0.25) is 0 Å². The van der Waals surface area contributed by atoms with Gasteiger partial charge >= 0.3 is 0 Å². The molecule has 2 rings (SSSR count). The lowest BCUT2D eigenvalue weighted by molar-refractivity contribution is 0.208. The number of rotatable bonds is 6. The maximum absolute atomic E-state index is 5.92. The highest BCUT2D eigenvalue weighted by molar-refractivity contribution is 5.85. The molecule has 0 radical (unpaired) electrons. The molecule has 1 N–H and O–H groups in total. The Hall–Kier alpha value is -1.19. The molecule has 1 aliphatic heterocycles. The van der Waals surface area contributed by atoms with Gasteiger partial charge in [0.1, 0.15) is 0 Å². The number of ether oxygens (including phenoxy) is 2. The van der Waals surface area contributed by atoms with Crippen LogP contribution in [-0.4, -0.2) is 26.8 Å². The fourth-order valence-corrected chi connectivity index (χ4v) is 2.38. The number of hydrogen-bond donors (Lipinski definition) is 1. The fourth-order valence-electron chi connectivity index (χ4n) is 2.38. The van der Waals surface area contributed by atoms with Crippen molar-refractivity contribution in [1.29, 1.82) is 0 Å². The average molecular weight is 298 g/mol. The van der Waals surface area contributed by atoms with Gasteiger partial charge in [-0.05, 0) is 56.0 Å². The second kappa shape index (κ2) is 8.88. The van der Waals surface area contributed by atoms with E-state index in [2.05, 4.69) is 18.0 Å². The Morgan fingerprint density at radius 2 is 2.05 bits per heavy atom. The minimum Gasteiger partial charge on any atom is -0.493 e. The molecular weight excluding hydrogens is 274 g/mol. The van der Waals surface area contributed by atoms with E-state index in [-0.39, 0.29) is 12.4 Å². The SMILES string of the molecule is C=CCc1ccc(OCC2CCNCC2)c(OC)c1.Cl. The van der Waals surface area contributed by atoms with Gasteiger partial charge in [0.2, 0.25) is 0 Å². The van der Waals surface area contributed by atoms with Crippen LogP contribution in [0.15, 0.2) is 30.9 Å². The predicted octanol–water partition coefficient (Wildman–Crippen LogP) is 3.22. The first kappa shape index (κ1) is 16.9. The van der Waals surface area contributed by atoms with Gasteiger partial charge in [0, 0.05) is 0 Å². The molecular formula is C16H24ClNO2. The highest BCUT2D eigenvalue weighted by Crippen LogP contribution is 2.29. The van der Waals surface area contributed by atoms with E-state index in [1.807, 2.05) is 18.2 Å². The molecule has 4 heteroatoms. The summed E-state index contributed by atoms with van der Waals surface area (Å²) in [6.07, 6.45) is 5.13. The van der Waals surface area contributed by atoms with Gasteiger partial charge in [-0.2, -0.15) is 0 Å². The zero-order valence-corrected chi connectivity index (χ0v) is 12.9. The van der Waals surface area contributed by atoms with Crippen LogP contribution < -0.4 is 14.8 Å². The Labute approximate surface area is 127 Å². The van der Waals surface area contributed by atoms with Gasteiger partial charge in [0.05, 0.1) is 13.7 Å². The molecule has 0 atom stereocenters. The van der Waals surface area contributed by atoms with E-state index in [0.717, 1.165) is 37.6 Å². The third-order valence-electron chi connectivity index (χ3n) is 3.54. The number of halogens is 1. The van der Waals surface area contributed by atoms with Crippen LogP contribution in [0.2, 0.25) is 0 Å². The van der Waals surface area contributed by atoms with Crippen molar-refractivity contribution in [3.8, 4) is 11.5 Å². The molecule has 20 heavy (non-hydrogen) atoms. The normalized spacial score (nSPS) is 15.2. The quantitative estimate of drug-likeness (QED) is 0.818. The Morgan fingerprint density at radius 3 is 2.70 bits per heavy atom. The third kappa shape index (κ3) is 4.73. The first-order chi connectivity index (χ1) is 9.33. The molecule has 1 saturated heterocycles. The summed E-state index contributed by atoms with van der Waals surface area (Å²) in [6, 6.07) is 6.10. The van der Waals surface area contributed by atoms with Crippen molar-refractivity contribution in [3.05, 3.63) is 36.4 Å². The summed E-state index contributed by atoms with van der Waals surface area (Å²) in [5.41, 5.74) is 1.20. The van der Waals surface area contributed by atoms with Crippen LogP contribution >= 0.6 is 12.4 Å². The average Bonchev–Trinajstić information content (AvgIpc) is 2.47. The summed E-state index contributed by atoms with van der Waals surface area (Å²) in [5.74, 6) is 2.31. The van der Waals surface area contributed by atoms with E-state index in [0.29, 0.717) is 5.92 Å². The molecule has 0 aromatic heterocycles. The Balaban J connectivity index is 0.00000200. The van der Waals surface area contributed by atoms with Crippen LogP contribution in [0.5, 0.6) is 11.5 Å². The van der Waals surface area contributed by atoms with Crippen molar-refractivity contribution in [3.63, 3.8) is 0 Å². The monoisotopic (exact) mass is 297 g/mol. The van der Waals surface area contributed by atoms with Crippen molar-refractivity contribution in [1.82, 2.24) is 5.32 Å². The molecule has 0 bridgehead atoms. The van der Waals surface area contributed by atoms with Gasteiger partial charge < -0.3 is 14.8 Å². The lowest BCUT2D eigenvalue weighted by Crippen LogP contribution is -2.30. The Kier molecular flexibility index (Phi) is 7.48. The second-order valence-electron chi connectivity index (χ2n) is 4.98. The minimum absolute atomic E-state index is 0. The lowest BCUT2D eigenvalue weighted by atomic mass is 9.99. The van der Waals surface area contributed by atoms with Crippen LogP contribution in [0.4, 0.5) is 0 Å². The van der Waals surface area contributed by atoms with Crippen molar-refractivity contribution in [2.45, 2.75) is 19.3 Å².